The van der Waals surface area contributed by atoms with E-state index in [1.807, 2.05) is 6.92 Å². The first-order valence-corrected chi connectivity index (χ1v) is 7.12. The Bertz CT molecular complexity index is 657. The second kappa shape index (κ2) is 7.29. The predicted octanol–water partition coefficient (Wildman–Crippen LogP) is 2.74. The number of aryl methyl sites for hydroxylation is 1. The summed E-state index contributed by atoms with van der Waals surface area (Å²) >= 11 is 6.00. The van der Waals surface area contributed by atoms with E-state index in [-0.39, 0.29) is 12.0 Å². The van der Waals surface area contributed by atoms with Crippen LogP contribution in [0.2, 0.25) is 5.02 Å². The molecule has 6 nitrogen and oxygen atoms in total. The quantitative estimate of drug-likeness (QED) is 0.887. The lowest BCUT2D eigenvalue weighted by molar-refractivity contribution is 0.0921. The van der Waals surface area contributed by atoms with Crippen LogP contribution >= 0.6 is 11.6 Å². The topological polar surface area (TPSA) is 65.4 Å². The van der Waals surface area contributed by atoms with Crippen molar-refractivity contribution in [2.24, 2.45) is 7.05 Å². The number of amides is 1. The Morgan fingerprint density at radius 2 is 2.27 bits per heavy atom. The standard InChI is InChI=1S/C15H18ClN3O3/c1-10(9-21-3)22-14-5-4-12(16)6-13(14)18-15(20)11-7-17-19(2)8-11/h4-8,10H,9H2,1-3H3,(H,18,20)/t10-/m0/s1. The summed E-state index contributed by atoms with van der Waals surface area (Å²) < 4.78 is 12.4. The van der Waals surface area contributed by atoms with E-state index in [0.29, 0.717) is 28.6 Å². The highest BCUT2D eigenvalue weighted by molar-refractivity contribution is 6.31. The number of nitrogens with zero attached hydrogens (tertiary/aromatic N) is 2. The first-order valence-electron chi connectivity index (χ1n) is 6.74. The van der Waals surface area contributed by atoms with Crippen LogP contribution in [0.5, 0.6) is 5.75 Å². The number of hydrogen-bond acceptors (Lipinski definition) is 4. The highest BCUT2D eigenvalue weighted by Crippen LogP contribution is 2.29. The summed E-state index contributed by atoms with van der Waals surface area (Å²) in [6, 6.07) is 5.06. The molecule has 0 radical (unpaired) electrons. The molecular formula is C15H18ClN3O3. The average molecular weight is 324 g/mol. The fourth-order valence-corrected chi connectivity index (χ4v) is 2.09. The molecule has 1 aromatic heterocycles. The molecule has 0 saturated carbocycles. The molecule has 0 saturated heterocycles. The molecule has 118 valence electrons. The van der Waals surface area contributed by atoms with Gasteiger partial charge in [0.05, 0.1) is 24.1 Å². The average Bonchev–Trinajstić information content (AvgIpc) is 2.89. The minimum absolute atomic E-state index is 0.153. The Hall–Kier alpha value is -2.05. The van der Waals surface area contributed by atoms with Crippen molar-refractivity contribution in [1.29, 1.82) is 0 Å². The van der Waals surface area contributed by atoms with Crippen molar-refractivity contribution in [3.63, 3.8) is 0 Å². The molecule has 2 rings (SSSR count). The number of hydrogen-bond donors (Lipinski definition) is 1. The van der Waals surface area contributed by atoms with Gasteiger partial charge < -0.3 is 14.8 Å². The van der Waals surface area contributed by atoms with Crippen LogP contribution in [0.4, 0.5) is 5.69 Å². The van der Waals surface area contributed by atoms with Crippen LogP contribution < -0.4 is 10.1 Å². The molecule has 1 amide bonds. The Balaban J connectivity index is 2.18. The van der Waals surface area contributed by atoms with Crippen molar-refractivity contribution < 1.29 is 14.3 Å². The zero-order valence-corrected chi connectivity index (χ0v) is 13.4. The van der Waals surface area contributed by atoms with E-state index in [1.165, 1.54) is 6.20 Å². The van der Waals surface area contributed by atoms with Gasteiger partial charge in [0, 0.05) is 25.4 Å². The van der Waals surface area contributed by atoms with Crippen LogP contribution in [0.15, 0.2) is 30.6 Å². The molecular weight excluding hydrogens is 306 g/mol. The molecule has 0 spiro atoms. The number of rotatable bonds is 6. The summed E-state index contributed by atoms with van der Waals surface area (Å²) in [5.74, 6) is 0.255. The summed E-state index contributed by atoms with van der Waals surface area (Å²) in [6.45, 7) is 2.32. The number of aromatic nitrogens is 2. The lowest BCUT2D eigenvalue weighted by Crippen LogP contribution is -2.19. The molecule has 0 aliphatic carbocycles. The van der Waals surface area contributed by atoms with E-state index in [9.17, 15) is 4.79 Å². The third kappa shape index (κ3) is 4.22. The number of benzene rings is 1. The summed E-state index contributed by atoms with van der Waals surface area (Å²) in [4.78, 5) is 12.2. The van der Waals surface area contributed by atoms with Gasteiger partial charge in [0.25, 0.3) is 5.91 Å². The Kier molecular flexibility index (Phi) is 5.41. The van der Waals surface area contributed by atoms with E-state index in [4.69, 9.17) is 21.1 Å². The number of anilines is 1. The lowest BCUT2D eigenvalue weighted by Gasteiger charge is -2.17. The molecule has 22 heavy (non-hydrogen) atoms. The van der Waals surface area contributed by atoms with E-state index in [2.05, 4.69) is 10.4 Å². The van der Waals surface area contributed by atoms with Crippen LogP contribution in [-0.4, -0.2) is 35.5 Å². The number of carbonyl (C=O) groups excluding carboxylic acids is 1. The molecule has 0 unspecified atom stereocenters. The van der Waals surface area contributed by atoms with Crippen LogP contribution in [0.1, 0.15) is 17.3 Å². The summed E-state index contributed by atoms with van der Waals surface area (Å²) in [7, 11) is 3.35. The Labute approximate surface area is 134 Å². The molecule has 1 atom stereocenters. The van der Waals surface area contributed by atoms with Crippen molar-refractivity contribution in [3.05, 3.63) is 41.2 Å². The van der Waals surface area contributed by atoms with Gasteiger partial charge in [0.2, 0.25) is 0 Å². The van der Waals surface area contributed by atoms with Crippen LogP contribution in [0.3, 0.4) is 0 Å². The molecule has 1 heterocycles. The third-order valence-corrected chi connectivity index (χ3v) is 3.12. The van der Waals surface area contributed by atoms with Gasteiger partial charge in [0.1, 0.15) is 11.9 Å². The van der Waals surface area contributed by atoms with Crippen molar-refractivity contribution in [1.82, 2.24) is 9.78 Å². The zero-order valence-electron chi connectivity index (χ0n) is 12.7. The van der Waals surface area contributed by atoms with Gasteiger partial charge in [-0.05, 0) is 25.1 Å². The van der Waals surface area contributed by atoms with E-state index in [1.54, 1.807) is 43.2 Å². The third-order valence-electron chi connectivity index (χ3n) is 2.89. The molecule has 0 aliphatic rings. The number of halogens is 1. The number of carbonyl (C=O) groups is 1. The minimum atomic E-state index is -0.278. The fourth-order valence-electron chi connectivity index (χ4n) is 1.92. The largest absolute Gasteiger partial charge is 0.486 e. The predicted molar refractivity (Wildman–Crippen MR) is 84.6 cm³/mol. The van der Waals surface area contributed by atoms with Gasteiger partial charge in [-0.25, -0.2) is 0 Å². The van der Waals surface area contributed by atoms with Gasteiger partial charge in [-0.2, -0.15) is 5.10 Å². The van der Waals surface area contributed by atoms with Crippen LogP contribution in [-0.2, 0) is 11.8 Å². The minimum Gasteiger partial charge on any atom is -0.486 e. The normalized spacial score (nSPS) is 12.0. The molecule has 0 fully saturated rings. The fraction of sp³-hybridized carbons (Fsp3) is 0.333. The highest BCUT2D eigenvalue weighted by atomic mass is 35.5. The highest BCUT2D eigenvalue weighted by Gasteiger charge is 2.14. The van der Waals surface area contributed by atoms with E-state index < -0.39 is 0 Å². The maximum absolute atomic E-state index is 12.2. The zero-order chi connectivity index (χ0) is 16.1. The number of methoxy groups -OCH3 is 1. The molecule has 1 N–H and O–H groups in total. The summed E-state index contributed by atoms with van der Waals surface area (Å²) in [6.07, 6.45) is 2.97. The first-order chi connectivity index (χ1) is 10.5. The maximum atomic E-state index is 12.2. The van der Waals surface area contributed by atoms with Crippen molar-refractivity contribution in [2.75, 3.05) is 19.0 Å². The summed E-state index contributed by atoms with van der Waals surface area (Å²) in [5.41, 5.74) is 0.961. The van der Waals surface area contributed by atoms with Crippen molar-refractivity contribution >= 4 is 23.2 Å². The van der Waals surface area contributed by atoms with Crippen LogP contribution in [0.25, 0.3) is 0 Å². The second-order valence-corrected chi connectivity index (χ2v) is 5.32. The smallest absolute Gasteiger partial charge is 0.258 e. The molecule has 1 aromatic carbocycles. The van der Waals surface area contributed by atoms with Gasteiger partial charge in [-0.15, -0.1) is 0 Å². The summed E-state index contributed by atoms with van der Waals surface area (Å²) in [5, 5.41) is 7.27. The maximum Gasteiger partial charge on any atom is 0.258 e. The Morgan fingerprint density at radius 3 is 2.91 bits per heavy atom. The van der Waals surface area contributed by atoms with Gasteiger partial charge in [0.15, 0.2) is 0 Å². The molecule has 0 aliphatic heterocycles. The molecule has 2 aromatic rings. The number of nitrogens with one attached hydrogen (secondary N) is 1. The van der Waals surface area contributed by atoms with Gasteiger partial charge in [-0.1, -0.05) is 11.6 Å². The monoisotopic (exact) mass is 323 g/mol. The van der Waals surface area contributed by atoms with Crippen LogP contribution in [0, 0.1) is 0 Å². The Morgan fingerprint density at radius 1 is 1.50 bits per heavy atom. The van der Waals surface area contributed by atoms with Gasteiger partial charge in [-0.3, -0.25) is 9.48 Å². The van der Waals surface area contributed by atoms with E-state index >= 15 is 0 Å². The van der Waals surface area contributed by atoms with E-state index in [0.717, 1.165) is 0 Å². The molecule has 7 heteroatoms. The van der Waals surface area contributed by atoms with Crippen molar-refractivity contribution in [2.45, 2.75) is 13.0 Å². The van der Waals surface area contributed by atoms with Gasteiger partial charge >= 0.3 is 0 Å². The molecule has 0 bridgehead atoms. The number of ether oxygens (including phenoxy) is 2. The SMILES string of the molecule is COC[C@H](C)Oc1ccc(Cl)cc1NC(=O)c1cnn(C)c1. The second-order valence-electron chi connectivity index (χ2n) is 4.88. The van der Waals surface area contributed by atoms with Crippen molar-refractivity contribution in [3.8, 4) is 5.75 Å². The lowest BCUT2D eigenvalue weighted by atomic mass is 10.2. The first kappa shape index (κ1) is 16.3.